The van der Waals surface area contributed by atoms with Gasteiger partial charge in [0.1, 0.15) is 23.8 Å². The lowest BCUT2D eigenvalue weighted by Crippen LogP contribution is -2.23. The molecule has 10 heteroatoms. The number of fused-ring (bicyclic) bond motifs is 1. The van der Waals surface area contributed by atoms with Crippen molar-refractivity contribution in [3.8, 4) is 28.4 Å². The van der Waals surface area contributed by atoms with Gasteiger partial charge in [-0.25, -0.2) is 4.68 Å². The zero-order valence-corrected chi connectivity index (χ0v) is 27.6. The minimum atomic E-state index is -0.238. The van der Waals surface area contributed by atoms with E-state index in [0.29, 0.717) is 45.0 Å². The van der Waals surface area contributed by atoms with Gasteiger partial charge in [-0.1, -0.05) is 90.5 Å². The maximum absolute atomic E-state index is 13.5. The fraction of sp³-hybridized carbons (Fsp3) is 0.105. The lowest BCUT2D eigenvalue weighted by atomic mass is 10.1. The highest BCUT2D eigenvalue weighted by atomic mass is 35.5. The summed E-state index contributed by atoms with van der Waals surface area (Å²) in [5.41, 5.74) is 5.00. The number of aromatic nitrogens is 5. The second-order valence-corrected chi connectivity index (χ2v) is 12.4. The summed E-state index contributed by atoms with van der Waals surface area (Å²) in [5.74, 6) is 2.00. The summed E-state index contributed by atoms with van der Waals surface area (Å²) in [6, 6.07) is 33.0. The monoisotopic (exact) mass is 671 g/mol. The van der Waals surface area contributed by atoms with Crippen molar-refractivity contribution >= 4 is 46.1 Å². The standard InChI is InChI=1S/C38H30ClN5O3S/c1-2-21-46-32-18-13-26(14-19-32)15-20-35-40-38-44(41-35)37(45)34(48-38)23-29-24-43(31-8-4-3-5-9-31)42-36(29)28-7-6-10-33(22-28)47-25-27-11-16-30(39)17-12-27/h3-20,22-24H,2,21,25H2,1H3/b20-15+,34-23-. The molecule has 48 heavy (non-hydrogen) atoms. The smallest absolute Gasteiger partial charge is 0.291 e. The second-order valence-electron chi connectivity index (χ2n) is 11.0. The zero-order chi connectivity index (χ0) is 32.9. The molecule has 3 heterocycles. The van der Waals surface area contributed by atoms with E-state index in [1.165, 1.54) is 15.9 Å². The summed E-state index contributed by atoms with van der Waals surface area (Å²) in [6.07, 6.45) is 8.45. The number of nitrogens with zero attached hydrogens (tertiary/aromatic N) is 5. The molecule has 0 aliphatic rings. The van der Waals surface area contributed by atoms with E-state index in [0.717, 1.165) is 40.1 Å². The van der Waals surface area contributed by atoms with Gasteiger partial charge in [-0.15, -0.1) is 5.10 Å². The lowest BCUT2D eigenvalue weighted by molar-refractivity contribution is 0.306. The van der Waals surface area contributed by atoms with E-state index in [1.54, 1.807) is 6.08 Å². The molecule has 0 unspecified atom stereocenters. The van der Waals surface area contributed by atoms with Crippen molar-refractivity contribution in [3.63, 3.8) is 0 Å². The van der Waals surface area contributed by atoms with Crippen molar-refractivity contribution in [2.24, 2.45) is 0 Å². The molecule has 7 rings (SSSR count). The predicted octanol–water partition coefficient (Wildman–Crippen LogP) is 7.74. The Bertz CT molecular complexity index is 2310. The van der Waals surface area contributed by atoms with Crippen LogP contribution in [0.1, 0.15) is 35.9 Å². The average molecular weight is 672 g/mol. The van der Waals surface area contributed by atoms with Crippen LogP contribution in [0.4, 0.5) is 0 Å². The highest BCUT2D eigenvalue weighted by Crippen LogP contribution is 2.28. The quantitative estimate of drug-likeness (QED) is 0.140. The van der Waals surface area contributed by atoms with Crippen molar-refractivity contribution in [2.75, 3.05) is 6.61 Å². The molecule has 0 aliphatic carbocycles. The summed E-state index contributed by atoms with van der Waals surface area (Å²) in [5, 5.41) is 10.1. The molecular formula is C38H30ClN5O3S. The first-order chi connectivity index (χ1) is 23.5. The third kappa shape index (κ3) is 7.07. The molecule has 0 bridgehead atoms. The van der Waals surface area contributed by atoms with Crippen LogP contribution in [-0.4, -0.2) is 31.0 Å². The van der Waals surface area contributed by atoms with Crippen LogP contribution in [0.2, 0.25) is 5.02 Å². The molecule has 7 aromatic rings. The first kappa shape index (κ1) is 31.1. The molecule has 0 saturated heterocycles. The fourth-order valence-electron chi connectivity index (χ4n) is 5.04. The number of thiazole rings is 1. The van der Waals surface area contributed by atoms with Crippen LogP contribution in [-0.2, 0) is 6.61 Å². The molecule has 0 fully saturated rings. The van der Waals surface area contributed by atoms with E-state index in [9.17, 15) is 4.79 Å². The van der Waals surface area contributed by atoms with E-state index in [2.05, 4.69) is 17.0 Å². The molecule has 0 atom stereocenters. The molecule has 0 N–H and O–H groups in total. The number of ether oxygens (including phenoxy) is 2. The molecule has 0 aliphatic heterocycles. The highest BCUT2D eigenvalue weighted by Gasteiger charge is 2.15. The second kappa shape index (κ2) is 14.1. The van der Waals surface area contributed by atoms with E-state index >= 15 is 0 Å². The summed E-state index contributed by atoms with van der Waals surface area (Å²) >= 11 is 7.32. The maximum atomic E-state index is 13.5. The van der Waals surface area contributed by atoms with Crippen LogP contribution in [0.5, 0.6) is 11.5 Å². The Hall–Kier alpha value is -5.51. The molecular weight excluding hydrogens is 642 g/mol. The van der Waals surface area contributed by atoms with Crippen LogP contribution >= 0.6 is 22.9 Å². The number of hydrogen-bond acceptors (Lipinski definition) is 7. The van der Waals surface area contributed by atoms with Crippen molar-refractivity contribution < 1.29 is 9.47 Å². The average Bonchev–Trinajstić information content (AvgIpc) is 3.81. The van der Waals surface area contributed by atoms with Crippen molar-refractivity contribution in [3.05, 3.63) is 152 Å². The van der Waals surface area contributed by atoms with E-state index in [-0.39, 0.29) is 5.56 Å². The number of hydrogen-bond donors (Lipinski definition) is 0. The summed E-state index contributed by atoms with van der Waals surface area (Å²) in [6.45, 7) is 3.16. The Labute approximate surface area is 285 Å². The SMILES string of the molecule is CCCOc1ccc(/C=C/c2nc3s/c(=C\c4cn(-c5ccccc5)nc4-c4cccc(OCc5ccc(Cl)cc5)c4)c(=O)n3n2)cc1. The van der Waals surface area contributed by atoms with Gasteiger partial charge < -0.3 is 9.47 Å². The Kier molecular flexibility index (Phi) is 9.13. The largest absolute Gasteiger partial charge is 0.494 e. The Balaban J connectivity index is 1.18. The van der Waals surface area contributed by atoms with Crippen molar-refractivity contribution in [2.45, 2.75) is 20.0 Å². The van der Waals surface area contributed by atoms with Crippen LogP contribution in [0, 0.1) is 0 Å². The molecule has 0 radical (unpaired) electrons. The van der Waals surface area contributed by atoms with Gasteiger partial charge >= 0.3 is 0 Å². The first-order valence-electron chi connectivity index (χ1n) is 15.5. The summed E-state index contributed by atoms with van der Waals surface area (Å²) in [7, 11) is 0. The van der Waals surface area contributed by atoms with Gasteiger partial charge in [0.15, 0.2) is 5.82 Å². The third-order valence-electron chi connectivity index (χ3n) is 7.45. The fourth-order valence-corrected chi connectivity index (χ4v) is 6.07. The normalized spacial score (nSPS) is 11.9. The molecule has 0 saturated carbocycles. The van der Waals surface area contributed by atoms with Gasteiger partial charge in [-0.05, 0) is 78.2 Å². The van der Waals surface area contributed by atoms with Crippen LogP contribution in [0.15, 0.2) is 114 Å². The van der Waals surface area contributed by atoms with Gasteiger partial charge in [0, 0.05) is 22.3 Å². The molecule has 238 valence electrons. The van der Waals surface area contributed by atoms with Crippen molar-refractivity contribution in [1.82, 2.24) is 24.4 Å². The summed E-state index contributed by atoms with van der Waals surface area (Å²) in [4.78, 5) is 18.6. The Morgan fingerprint density at radius 3 is 2.44 bits per heavy atom. The zero-order valence-electron chi connectivity index (χ0n) is 26.0. The van der Waals surface area contributed by atoms with Gasteiger partial charge in [-0.2, -0.15) is 14.6 Å². The minimum Gasteiger partial charge on any atom is -0.494 e. The topological polar surface area (TPSA) is 83.5 Å². The molecule has 0 amide bonds. The van der Waals surface area contributed by atoms with Gasteiger partial charge in [0.05, 0.1) is 16.8 Å². The number of halogens is 1. The summed E-state index contributed by atoms with van der Waals surface area (Å²) < 4.78 is 15.4. The highest BCUT2D eigenvalue weighted by molar-refractivity contribution is 7.15. The molecule has 4 aromatic carbocycles. The number of para-hydroxylation sites is 1. The van der Waals surface area contributed by atoms with Crippen LogP contribution in [0.3, 0.4) is 0 Å². The molecule has 8 nitrogen and oxygen atoms in total. The number of benzene rings is 4. The van der Waals surface area contributed by atoms with E-state index < -0.39 is 0 Å². The third-order valence-corrected chi connectivity index (χ3v) is 8.66. The molecule has 0 spiro atoms. The maximum Gasteiger partial charge on any atom is 0.291 e. The lowest BCUT2D eigenvalue weighted by Gasteiger charge is -2.08. The van der Waals surface area contributed by atoms with Gasteiger partial charge in [0.25, 0.3) is 5.56 Å². The number of rotatable bonds is 11. The van der Waals surface area contributed by atoms with E-state index in [4.69, 9.17) is 26.2 Å². The minimum absolute atomic E-state index is 0.238. The molecule has 3 aromatic heterocycles. The Morgan fingerprint density at radius 2 is 1.67 bits per heavy atom. The van der Waals surface area contributed by atoms with Crippen LogP contribution in [0.25, 0.3) is 40.1 Å². The Morgan fingerprint density at radius 1 is 0.854 bits per heavy atom. The van der Waals surface area contributed by atoms with Crippen molar-refractivity contribution in [1.29, 1.82) is 0 Å². The van der Waals surface area contributed by atoms with Gasteiger partial charge in [0.2, 0.25) is 4.96 Å². The van der Waals surface area contributed by atoms with Gasteiger partial charge in [-0.3, -0.25) is 4.79 Å². The first-order valence-corrected chi connectivity index (χ1v) is 16.7. The predicted molar refractivity (Wildman–Crippen MR) is 192 cm³/mol. The van der Waals surface area contributed by atoms with Crippen LogP contribution < -0.4 is 19.6 Å². The van der Waals surface area contributed by atoms with E-state index in [1.807, 2.05) is 126 Å².